The molecular weight excluding hydrogens is 362 g/mol. The molecule has 0 radical (unpaired) electrons. The van der Waals surface area contributed by atoms with Crippen LogP contribution in [0.5, 0.6) is 5.75 Å². The predicted octanol–water partition coefficient (Wildman–Crippen LogP) is 4.00. The Morgan fingerprint density at radius 1 is 1.07 bits per heavy atom. The molecule has 2 aromatic carbocycles. The molecule has 2 aliphatic rings. The molecule has 1 atom stereocenters. The van der Waals surface area contributed by atoms with Crippen molar-refractivity contribution in [3.63, 3.8) is 0 Å². The fraction of sp³-hybridized carbons (Fsp3) is 0.381. The van der Waals surface area contributed by atoms with Gasteiger partial charge in [-0.3, -0.25) is 4.79 Å². The molecule has 4 rings (SSSR count). The second kappa shape index (κ2) is 6.77. The number of carbonyl (C=O) groups is 1. The second-order valence-corrected chi connectivity index (χ2v) is 9.20. The van der Waals surface area contributed by atoms with Crippen molar-refractivity contribution in [3.8, 4) is 5.75 Å². The molecule has 1 aliphatic heterocycles. The lowest BCUT2D eigenvalue weighted by molar-refractivity contribution is 0.0403. The fourth-order valence-corrected chi connectivity index (χ4v) is 5.39. The first-order valence-electron chi connectivity index (χ1n) is 9.30. The summed E-state index contributed by atoms with van der Waals surface area (Å²) in [6.45, 7) is 1.46. The maximum atomic E-state index is 13.0. The highest BCUT2D eigenvalue weighted by Gasteiger charge is 2.44. The summed E-state index contributed by atoms with van der Waals surface area (Å²) >= 11 is 0. The van der Waals surface area contributed by atoms with Gasteiger partial charge in [0.25, 0.3) is 0 Å². The summed E-state index contributed by atoms with van der Waals surface area (Å²) in [6.07, 6.45) is 4.75. The lowest BCUT2D eigenvalue weighted by Gasteiger charge is -2.40. The van der Waals surface area contributed by atoms with Crippen LogP contribution in [0.1, 0.15) is 61.0 Å². The summed E-state index contributed by atoms with van der Waals surface area (Å²) in [7, 11) is -3.71. The Balaban J connectivity index is 1.64. The van der Waals surface area contributed by atoms with Gasteiger partial charge in [-0.15, -0.1) is 0 Å². The number of Topliss-reactive ketones (excluding diaryl/α,β-unsaturated/α-hetero) is 1. The van der Waals surface area contributed by atoms with Gasteiger partial charge in [0, 0.05) is 17.5 Å². The number of carbonyl (C=O) groups excluding carboxylic acids is 1. The van der Waals surface area contributed by atoms with Gasteiger partial charge in [0.2, 0.25) is 10.0 Å². The third-order valence-electron chi connectivity index (χ3n) is 5.58. The van der Waals surface area contributed by atoms with Crippen LogP contribution in [-0.4, -0.2) is 19.8 Å². The largest absolute Gasteiger partial charge is 0.487 e. The van der Waals surface area contributed by atoms with Gasteiger partial charge < -0.3 is 4.74 Å². The van der Waals surface area contributed by atoms with E-state index in [-0.39, 0.29) is 22.3 Å². The van der Waals surface area contributed by atoms with Gasteiger partial charge >= 0.3 is 0 Å². The van der Waals surface area contributed by atoms with Crippen molar-refractivity contribution in [2.24, 2.45) is 0 Å². The highest BCUT2D eigenvalue weighted by molar-refractivity contribution is 7.89. The van der Waals surface area contributed by atoms with E-state index in [0.29, 0.717) is 12.0 Å². The molecule has 1 saturated carbocycles. The third-order valence-corrected chi connectivity index (χ3v) is 7.07. The number of ether oxygens (including phenoxy) is 1. The molecule has 1 heterocycles. The number of hydrogen-bond donors (Lipinski definition) is 1. The number of para-hydroxylation sites is 1. The zero-order chi connectivity index (χ0) is 19.1. The van der Waals surface area contributed by atoms with Gasteiger partial charge in [0.1, 0.15) is 11.4 Å². The third kappa shape index (κ3) is 3.51. The van der Waals surface area contributed by atoms with E-state index in [2.05, 4.69) is 4.72 Å². The normalized spacial score (nSPS) is 20.9. The summed E-state index contributed by atoms with van der Waals surface area (Å²) in [6, 6.07) is 13.4. The van der Waals surface area contributed by atoms with Crippen LogP contribution in [0.4, 0.5) is 0 Å². The number of benzene rings is 2. The Bertz CT molecular complexity index is 960. The smallest absolute Gasteiger partial charge is 0.241 e. The average molecular weight is 385 g/mol. The van der Waals surface area contributed by atoms with Crippen LogP contribution in [0.3, 0.4) is 0 Å². The Hall–Kier alpha value is -2.18. The van der Waals surface area contributed by atoms with Crippen molar-refractivity contribution in [2.75, 3.05) is 0 Å². The second-order valence-electron chi connectivity index (χ2n) is 7.49. The van der Waals surface area contributed by atoms with Gasteiger partial charge in [0.05, 0.1) is 10.9 Å². The molecule has 0 amide bonds. The maximum absolute atomic E-state index is 13.0. The molecule has 1 fully saturated rings. The Kier molecular flexibility index (Phi) is 4.56. The van der Waals surface area contributed by atoms with Gasteiger partial charge in [-0.05, 0) is 50.8 Å². The van der Waals surface area contributed by atoms with E-state index >= 15 is 0 Å². The molecule has 2 aromatic rings. The van der Waals surface area contributed by atoms with E-state index in [9.17, 15) is 13.2 Å². The SMILES string of the molecule is CC(=O)c1ccc(S(=O)(=O)NC2CC3(CCCC3)Oc3ccccc32)cc1. The molecule has 5 nitrogen and oxygen atoms in total. The molecule has 1 unspecified atom stereocenters. The zero-order valence-electron chi connectivity index (χ0n) is 15.3. The van der Waals surface area contributed by atoms with E-state index in [1.54, 1.807) is 12.1 Å². The van der Waals surface area contributed by atoms with E-state index < -0.39 is 10.0 Å². The number of fused-ring (bicyclic) bond motifs is 1. The number of hydrogen-bond acceptors (Lipinski definition) is 4. The summed E-state index contributed by atoms with van der Waals surface area (Å²) in [5.74, 6) is 0.679. The van der Waals surface area contributed by atoms with Gasteiger partial charge in [-0.1, -0.05) is 30.3 Å². The van der Waals surface area contributed by atoms with Crippen LogP contribution in [0.25, 0.3) is 0 Å². The molecule has 1 N–H and O–H groups in total. The van der Waals surface area contributed by atoms with E-state index in [1.807, 2.05) is 24.3 Å². The quantitative estimate of drug-likeness (QED) is 0.808. The zero-order valence-corrected chi connectivity index (χ0v) is 16.1. The lowest BCUT2D eigenvalue weighted by atomic mass is 9.86. The number of ketones is 1. The summed E-state index contributed by atoms with van der Waals surface area (Å²) in [5, 5.41) is 0. The van der Waals surface area contributed by atoms with Crippen LogP contribution in [0.2, 0.25) is 0 Å². The molecule has 0 aromatic heterocycles. The minimum atomic E-state index is -3.71. The van der Waals surface area contributed by atoms with Crippen LogP contribution in [-0.2, 0) is 10.0 Å². The van der Waals surface area contributed by atoms with Crippen molar-refractivity contribution in [3.05, 3.63) is 59.7 Å². The maximum Gasteiger partial charge on any atom is 0.241 e. The average Bonchev–Trinajstić information content (AvgIpc) is 3.09. The number of nitrogens with one attached hydrogen (secondary N) is 1. The van der Waals surface area contributed by atoms with E-state index in [0.717, 1.165) is 37.0 Å². The van der Waals surface area contributed by atoms with Crippen LogP contribution in [0.15, 0.2) is 53.4 Å². The Morgan fingerprint density at radius 2 is 1.74 bits per heavy atom. The fourth-order valence-electron chi connectivity index (χ4n) is 4.17. The molecule has 6 heteroatoms. The molecular formula is C21H23NO4S. The minimum absolute atomic E-state index is 0.0894. The molecule has 1 spiro atoms. The highest BCUT2D eigenvalue weighted by atomic mass is 32.2. The first-order valence-corrected chi connectivity index (χ1v) is 10.8. The Labute approximate surface area is 159 Å². The van der Waals surface area contributed by atoms with Crippen molar-refractivity contribution in [1.29, 1.82) is 0 Å². The molecule has 27 heavy (non-hydrogen) atoms. The van der Waals surface area contributed by atoms with Crippen molar-refractivity contribution in [1.82, 2.24) is 4.72 Å². The molecule has 0 bridgehead atoms. The van der Waals surface area contributed by atoms with E-state index in [1.165, 1.54) is 19.1 Å². The Morgan fingerprint density at radius 3 is 2.41 bits per heavy atom. The van der Waals surface area contributed by atoms with Gasteiger partial charge in [0.15, 0.2) is 5.78 Å². The van der Waals surface area contributed by atoms with Crippen molar-refractivity contribution >= 4 is 15.8 Å². The molecule has 0 saturated heterocycles. The van der Waals surface area contributed by atoms with Gasteiger partial charge in [-0.25, -0.2) is 13.1 Å². The lowest BCUT2D eigenvalue weighted by Crippen LogP contribution is -2.43. The number of sulfonamides is 1. The first kappa shape index (κ1) is 18.2. The van der Waals surface area contributed by atoms with E-state index in [4.69, 9.17) is 4.74 Å². The van der Waals surface area contributed by atoms with Gasteiger partial charge in [-0.2, -0.15) is 0 Å². The molecule has 1 aliphatic carbocycles. The van der Waals surface area contributed by atoms with Crippen LogP contribution >= 0.6 is 0 Å². The summed E-state index contributed by atoms with van der Waals surface area (Å²) < 4.78 is 35.1. The first-order chi connectivity index (χ1) is 12.9. The predicted molar refractivity (Wildman–Crippen MR) is 102 cm³/mol. The summed E-state index contributed by atoms with van der Waals surface area (Å²) in [5.41, 5.74) is 1.09. The van der Waals surface area contributed by atoms with Crippen LogP contribution in [0, 0.1) is 0 Å². The minimum Gasteiger partial charge on any atom is -0.487 e. The highest BCUT2D eigenvalue weighted by Crippen LogP contribution is 2.47. The number of rotatable bonds is 4. The topological polar surface area (TPSA) is 72.5 Å². The van der Waals surface area contributed by atoms with Crippen molar-refractivity contribution < 1.29 is 17.9 Å². The van der Waals surface area contributed by atoms with Crippen LogP contribution < -0.4 is 9.46 Å². The van der Waals surface area contributed by atoms with Crippen molar-refractivity contribution in [2.45, 2.75) is 55.6 Å². The summed E-state index contributed by atoms with van der Waals surface area (Å²) in [4.78, 5) is 11.6. The molecule has 142 valence electrons. The monoisotopic (exact) mass is 385 g/mol. The standard InChI is InChI=1S/C21H23NO4S/c1-15(23)16-8-10-17(11-9-16)27(24,25)22-19-14-21(12-4-5-13-21)26-20-7-3-2-6-18(19)20/h2-3,6-11,19,22H,4-5,12-14H2,1H3.